The van der Waals surface area contributed by atoms with Crippen LogP contribution >= 0.6 is 0 Å². The second kappa shape index (κ2) is 5.69. The number of urea groups is 1. The van der Waals surface area contributed by atoms with Gasteiger partial charge in [-0.25, -0.2) is 9.78 Å². The molecular formula is C15H18N4O. The van der Waals surface area contributed by atoms with E-state index in [1.807, 2.05) is 24.3 Å². The molecule has 0 aliphatic heterocycles. The van der Waals surface area contributed by atoms with E-state index in [-0.39, 0.29) is 11.4 Å². The predicted molar refractivity (Wildman–Crippen MR) is 79.8 cm³/mol. The van der Waals surface area contributed by atoms with E-state index in [4.69, 9.17) is 0 Å². The first-order valence-electron chi connectivity index (χ1n) is 6.40. The van der Waals surface area contributed by atoms with E-state index < -0.39 is 0 Å². The van der Waals surface area contributed by atoms with Crippen molar-refractivity contribution in [2.75, 3.05) is 10.6 Å². The van der Waals surface area contributed by atoms with Crippen molar-refractivity contribution in [2.45, 2.75) is 26.2 Å². The Labute approximate surface area is 118 Å². The van der Waals surface area contributed by atoms with Crippen molar-refractivity contribution in [3.63, 3.8) is 0 Å². The normalized spacial score (nSPS) is 10.9. The topological polar surface area (TPSA) is 66.9 Å². The van der Waals surface area contributed by atoms with Crippen molar-refractivity contribution in [1.82, 2.24) is 9.97 Å². The predicted octanol–water partition coefficient (Wildman–Crippen LogP) is 3.42. The lowest BCUT2D eigenvalue weighted by molar-refractivity contribution is 0.262. The Morgan fingerprint density at radius 2 is 1.75 bits per heavy atom. The maximum Gasteiger partial charge on any atom is 0.324 e. The zero-order valence-corrected chi connectivity index (χ0v) is 11.8. The van der Waals surface area contributed by atoms with Crippen LogP contribution in [0.2, 0.25) is 0 Å². The number of rotatable bonds is 2. The molecule has 1 aromatic carbocycles. The molecule has 1 heterocycles. The fourth-order valence-corrected chi connectivity index (χ4v) is 1.70. The summed E-state index contributed by atoms with van der Waals surface area (Å²) in [6, 6.07) is 7.46. The van der Waals surface area contributed by atoms with Gasteiger partial charge in [0.05, 0.1) is 6.20 Å². The van der Waals surface area contributed by atoms with Crippen LogP contribution in [-0.4, -0.2) is 16.0 Å². The van der Waals surface area contributed by atoms with Crippen molar-refractivity contribution in [2.24, 2.45) is 0 Å². The van der Waals surface area contributed by atoms with Crippen LogP contribution in [-0.2, 0) is 5.41 Å². The molecule has 0 saturated heterocycles. The summed E-state index contributed by atoms with van der Waals surface area (Å²) in [7, 11) is 0. The number of hydrogen-bond acceptors (Lipinski definition) is 3. The summed E-state index contributed by atoms with van der Waals surface area (Å²) in [6.45, 7) is 6.45. The Balaban J connectivity index is 1.98. The Morgan fingerprint density at radius 1 is 1.05 bits per heavy atom. The SMILES string of the molecule is CC(C)(C)c1ccc(NC(=O)Nc2cnccn2)cc1. The van der Waals surface area contributed by atoms with Gasteiger partial charge in [-0.1, -0.05) is 32.9 Å². The van der Waals surface area contributed by atoms with E-state index in [1.54, 1.807) is 6.20 Å². The Hall–Kier alpha value is -2.43. The van der Waals surface area contributed by atoms with E-state index in [2.05, 4.69) is 41.4 Å². The van der Waals surface area contributed by atoms with Gasteiger partial charge in [-0.3, -0.25) is 10.3 Å². The Kier molecular flexibility index (Phi) is 3.98. The first kappa shape index (κ1) is 14.0. The summed E-state index contributed by atoms with van der Waals surface area (Å²) in [6.07, 6.45) is 4.56. The fraction of sp³-hybridized carbons (Fsp3) is 0.267. The molecule has 5 nitrogen and oxygen atoms in total. The molecule has 0 fully saturated rings. The second-order valence-corrected chi connectivity index (χ2v) is 5.50. The van der Waals surface area contributed by atoms with Crippen molar-refractivity contribution < 1.29 is 4.79 Å². The first-order chi connectivity index (χ1) is 9.45. The van der Waals surface area contributed by atoms with Crippen molar-refractivity contribution >= 4 is 17.5 Å². The van der Waals surface area contributed by atoms with Crippen molar-refractivity contribution in [1.29, 1.82) is 0 Å². The molecule has 0 aliphatic rings. The molecule has 5 heteroatoms. The number of anilines is 2. The molecule has 0 saturated carbocycles. The van der Waals surface area contributed by atoms with Gasteiger partial charge >= 0.3 is 6.03 Å². The van der Waals surface area contributed by atoms with Gasteiger partial charge in [0.15, 0.2) is 5.82 Å². The van der Waals surface area contributed by atoms with E-state index in [0.29, 0.717) is 5.82 Å². The molecule has 0 radical (unpaired) electrons. The van der Waals surface area contributed by atoms with Gasteiger partial charge in [0.1, 0.15) is 0 Å². The molecule has 0 aliphatic carbocycles. The molecule has 2 amide bonds. The van der Waals surface area contributed by atoms with Gasteiger partial charge in [0.25, 0.3) is 0 Å². The largest absolute Gasteiger partial charge is 0.324 e. The van der Waals surface area contributed by atoms with Crippen LogP contribution in [0.3, 0.4) is 0 Å². The van der Waals surface area contributed by atoms with E-state index >= 15 is 0 Å². The van der Waals surface area contributed by atoms with Crippen LogP contribution in [0.15, 0.2) is 42.9 Å². The van der Waals surface area contributed by atoms with Gasteiger partial charge in [-0.05, 0) is 23.1 Å². The maximum absolute atomic E-state index is 11.8. The molecule has 104 valence electrons. The van der Waals surface area contributed by atoms with Gasteiger partial charge in [0, 0.05) is 18.1 Å². The summed E-state index contributed by atoms with van der Waals surface area (Å²) >= 11 is 0. The summed E-state index contributed by atoms with van der Waals surface area (Å²) < 4.78 is 0. The van der Waals surface area contributed by atoms with Crippen LogP contribution in [0, 0.1) is 0 Å². The van der Waals surface area contributed by atoms with Crippen molar-refractivity contribution in [3.8, 4) is 0 Å². The highest BCUT2D eigenvalue weighted by atomic mass is 16.2. The Bertz CT molecular complexity index is 573. The minimum atomic E-state index is -0.339. The van der Waals surface area contributed by atoms with Crippen LogP contribution in [0.4, 0.5) is 16.3 Å². The molecule has 0 atom stereocenters. The standard InChI is InChI=1S/C15H18N4O/c1-15(2,3)11-4-6-12(7-5-11)18-14(20)19-13-10-16-8-9-17-13/h4-10H,1-3H3,(H2,17,18,19,20). The number of nitrogens with zero attached hydrogens (tertiary/aromatic N) is 2. The number of carbonyl (C=O) groups excluding carboxylic acids is 1. The van der Waals surface area contributed by atoms with E-state index in [1.165, 1.54) is 18.0 Å². The summed E-state index contributed by atoms with van der Waals surface area (Å²) in [5.41, 5.74) is 2.05. The summed E-state index contributed by atoms with van der Waals surface area (Å²) in [5.74, 6) is 0.413. The number of carbonyl (C=O) groups is 1. The average molecular weight is 270 g/mol. The highest BCUT2D eigenvalue weighted by Crippen LogP contribution is 2.23. The van der Waals surface area contributed by atoms with Crippen LogP contribution in [0.1, 0.15) is 26.3 Å². The maximum atomic E-state index is 11.8. The van der Waals surface area contributed by atoms with Crippen LogP contribution < -0.4 is 10.6 Å². The van der Waals surface area contributed by atoms with E-state index in [9.17, 15) is 4.79 Å². The van der Waals surface area contributed by atoms with Gasteiger partial charge in [-0.15, -0.1) is 0 Å². The van der Waals surface area contributed by atoms with Gasteiger partial charge in [0.2, 0.25) is 0 Å². The molecule has 2 N–H and O–H groups in total. The number of amides is 2. The fourth-order valence-electron chi connectivity index (χ4n) is 1.70. The minimum absolute atomic E-state index is 0.0976. The molecule has 1 aromatic heterocycles. The lowest BCUT2D eigenvalue weighted by atomic mass is 9.87. The smallest absolute Gasteiger partial charge is 0.308 e. The van der Waals surface area contributed by atoms with Gasteiger partial charge < -0.3 is 5.32 Å². The molecule has 2 aromatic rings. The quantitative estimate of drug-likeness (QED) is 0.878. The number of hydrogen-bond donors (Lipinski definition) is 2. The molecule has 0 bridgehead atoms. The summed E-state index contributed by atoms with van der Waals surface area (Å²) in [5, 5.41) is 5.36. The zero-order valence-electron chi connectivity index (χ0n) is 11.8. The molecule has 0 unspecified atom stereocenters. The number of benzene rings is 1. The van der Waals surface area contributed by atoms with Crippen LogP contribution in [0.25, 0.3) is 0 Å². The molecule has 20 heavy (non-hydrogen) atoms. The monoisotopic (exact) mass is 270 g/mol. The average Bonchev–Trinajstić information content (AvgIpc) is 2.39. The highest BCUT2D eigenvalue weighted by molar-refractivity contribution is 5.99. The Morgan fingerprint density at radius 3 is 2.30 bits per heavy atom. The highest BCUT2D eigenvalue weighted by Gasteiger charge is 2.13. The molecule has 0 spiro atoms. The number of nitrogens with one attached hydrogen (secondary N) is 2. The minimum Gasteiger partial charge on any atom is -0.308 e. The number of aromatic nitrogens is 2. The first-order valence-corrected chi connectivity index (χ1v) is 6.40. The zero-order chi connectivity index (χ0) is 14.6. The van der Waals surface area contributed by atoms with Crippen LogP contribution in [0.5, 0.6) is 0 Å². The second-order valence-electron chi connectivity index (χ2n) is 5.50. The lowest BCUT2D eigenvalue weighted by Crippen LogP contribution is -2.20. The lowest BCUT2D eigenvalue weighted by Gasteiger charge is -2.19. The third-order valence-corrected chi connectivity index (χ3v) is 2.81. The van der Waals surface area contributed by atoms with Crippen molar-refractivity contribution in [3.05, 3.63) is 48.4 Å². The molecule has 2 rings (SSSR count). The third-order valence-electron chi connectivity index (χ3n) is 2.81. The van der Waals surface area contributed by atoms with Gasteiger partial charge in [-0.2, -0.15) is 0 Å². The summed E-state index contributed by atoms with van der Waals surface area (Å²) in [4.78, 5) is 19.6. The molecular weight excluding hydrogens is 252 g/mol. The third kappa shape index (κ3) is 3.78. The van der Waals surface area contributed by atoms with E-state index in [0.717, 1.165) is 5.69 Å².